The summed E-state index contributed by atoms with van der Waals surface area (Å²) in [6.45, 7) is 10.2. The third kappa shape index (κ3) is 4.86. The van der Waals surface area contributed by atoms with Crippen molar-refractivity contribution in [3.8, 4) is 5.75 Å². The van der Waals surface area contributed by atoms with Crippen LogP contribution in [-0.2, 0) is 14.3 Å². The molecule has 2 aromatic carbocycles. The first-order valence-corrected chi connectivity index (χ1v) is 11.8. The zero-order chi connectivity index (χ0) is 24.2. The molecule has 2 heterocycles. The van der Waals surface area contributed by atoms with Crippen molar-refractivity contribution in [3.05, 3.63) is 70.3 Å². The highest BCUT2D eigenvalue weighted by Crippen LogP contribution is 2.40. The number of morpholine rings is 1. The first-order valence-electron chi connectivity index (χ1n) is 11.8. The Balaban J connectivity index is 1.74. The minimum absolute atomic E-state index is 0.128. The first-order chi connectivity index (χ1) is 16.4. The van der Waals surface area contributed by atoms with Crippen molar-refractivity contribution in [1.29, 1.82) is 0 Å². The summed E-state index contributed by atoms with van der Waals surface area (Å²) in [6, 6.07) is 12.4. The normalized spacial score (nSPS) is 20.7. The average Bonchev–Trinajstić information content (AvgIpc) is 3.08. The van der Waals surface area contributed by atoms with E-state index in [4.69, 9.17) is 9.47 Å². The molecule has 0 bridgehead atoms. The number of hydrogen-bond donors (Lipinski definition) is 1. The molecular formula is C27H32N2O5. The number of aryl methyl sites for hydroxylation is 2. The maximum absolute atomic E-state index is 13.2. The molecule has 2 saturated heterocycles. The number of rotatable bonds is 7. The van der Waals surface area contributed by atoms with E-state index < -0.39 is 17.7 Å². The van der Waals surface area contributed by atoms with Crippen molar-refractivity contribution in [1.82, 2.24) is 9.80 Å². The molecule has 0 radical (unpaired) electrons. The Labute approximate surface area is 200 Å². The molecular weight excluding hydrogens is 432 g/mol. The predicted octanol–water partition coefficient (Wildman–Crippen LogP) is 3.46. The van der Waals surface area contributed by atoms with Gasteiger partial charge in [-0.3, -0.25) is 14.5 Å². The molecule has 0 aliphatic carbocycles. The van der Waals surface area contributed by atoms with Gasteiger partial charge in [0, 0.05) is 31.7 Å². The molecule has 2 aliphatic heterocycles. The summed E-state index contributed by atoms with van der Waals surface area (Å²) < 4.78 is 11.0. The standard InChI is InChI=1S/C27H32N2O5/c1-4-34-21-9-10-22(19(3)17-21)25(30)23-24(20-7-5-18(2)6-8-20)29(27(32)26(23)31)12-11-28-13-15-33-16-14-28/h5-10,17,24,30H,4,11-16H2,1-3H3/b25-23+. The predicted molar refractivity (Wildman–Crippen MR) is 130 cm³/mol. The summed E-state index contributed by atoms with van der Waals surface area (Å²) in [5.74, 6) is -0.696. The zero-order valence-electron chi connectivity index (χ0n) is 20.0. The summed E-state index contributed by atoms with van der Waals surface area (Å²) in [7, 11) is 0. The zero-order valence-corrected chi connectivity index (χ0v) is 20.0. The number of Topliss-reactive ketones (excluding diaryl/α,β-unsaturated/α-hetero) is 1. The highest BCUT2D eigenvalue weighted by molar-refractivity contribution is 6.46. The molecule has 4 rings (SSSR count). The van der Waals surface area contributed by atoms with Crippen LogP contribution >= 0.6 is 0 Å². The third-order valence-corrected chi connectivity index (χ3v) is 6.46. The molecule has 2 aromatic rings. The van der Waals surface area contributed by atoms with Gasteiger partial charge in [-0.15, -0.1) is 0 Å². The molecule has 1 N–H and O–H groups in total. The number of ketones is 1. The lowest BCUT2D eigenvalue weighted by Gasteiger charge is -2.31. The van der Waals surface area contributed by atoms with E-state index in [1.165, 1.54) is 0 Å². The van der Waals surface area contributed by atoms with Crippen LogP contribution in [0.4, 0.5) is 0 Å². The van der Waals surface area contributed by atoms with Gasteiger partial charge >= 0.3 is 0 Å². The summed E-state index contributed by atoms with van der Waals surface area (Å²) >= 11 is 0. The van der Waals surface area contributed by atoms with Gasteiger partial charge in [0.05, 0.1) is 31.4 Å². The molecule has 0 spiro atoms. The van der Waals surface area contributed by atoms with Crippen molar-refractivity contribution < 1.29 is 24.2 Å². The maximum Gasteiger partial charge on any atom is 0.295 e. The van der Waals surface area contributed by atoms with Crippen LogP contribution in [0.15, 0.2) is 48.0 Å². The summed E-state index contributed by atoms with van der Waals surface area (Å²) in [5, 5.41) is 11.3. The molecule has 0 aromatic heterocycles. The van der Waals surface area contributed by atoms with Crippen molar-refractivity contribution >= 4 is 17.4 Å². The molecule has 0 saturated carbocycles. The molecule has 1 amide bonds. The number of likely N-dealkylation sites (tertiary alicyclic amines) is 1. The van der Waals surface area contributed by atoms with Crippen LogP contribution < -0.4 is 4.74 Å². The molecule has 7 nitrogen and oxygen atoms in total. The molecule has 2 aliphatic rings. The number of aliphatic hydroxyl groups excluding tert-OH is 1. The second-order valence-electron chi connectivity index (χ2n) is 8.77. The van der Waals surface area contributed by atoms with E-state index >= 15 is 0 Å². The number of aliphatic hydroxyl groups is 1. The summed E-state index contributed by atoms with van der Waals surface area (Å²) in [5.41, 5.74) is 3.30. The van der Waals surface area contributed by atoms with Crippen molar-refractivity contribution in [2.24, 2.45) is 0 Å². The van der Waals surface area contributed by atoms with E-state index in [0.717, 1.165) is 29.8 Å². The van der Waals surface area contributed by atoms with Crippen molar-refractivity contribution in [2.45, 2.75) is 26.8 Å². The Bertz CT molecular complexity index is 1090. The van der Waals surface area contributed by atoms with Crippen LogP contribution in [0.25, 0.3) is 5.76 Å². The summed E-state index contributed by atoms with van der Waals surface area (Å²) in [4.78, 5) is 30.2. The fourth-order valence-electron chi connectivity index (χ4n) is 4.58. The molecule has 2 fully saturated rings. The third-order valence-electron chi connectivity index (χ3n) is 6.46. The lowest BCUT2D eigenvalue weighted by atomic mass is 9.93. The number of nitrogens with zero attached hydrogens (tertiary/aromatic N) is 2. The number of carbonyl (C=O) groups is 2. The van der Waals surface area contributed by atoms with Gasteiger partial charge in [-0.2, -0.15) is 0 Å². The minimum atomic E-state index is -0.654. The highest BCUT2D eigenvalue weighted by atomic mass is 16.5. The number of amides is 1. The number of benzene rings is 2. The molecule has 1 atom stereocenters. The Morgan fingerprint density at radius 3 is 2.41 bits per heavy atom. The average molecular weight is 465 g/mol. The molecule has 34 heavy (non-hydrogen) atoms. The molecule has 1 unspecified atom stereocenters. The van der Waals surface area contributed by atoms with Crippen LogP contribution in [0.2, 0.25) is 0 Å². The fraction of sp³-hybridized carbons (Fsp3) is 0.407. The lowest BCUT2D eigenvalue weighted by Crippen LogP contribution is -2.42. The quantitative estimate of drug-likeness (QED) is 0.384. The van der Waals surface area contributed by atoms with Gasteiger partial charge in [0.2, 0.25) is 0 Å². The second kappa shape index (κ2) is 10.4. The van der Waals surface area contributed by atoms with Gasteiger partial charge in [0.15, 0.2) is 0 Å². The van der Waals surface area contributed by atoms with E-state index in [1.54, 1.807) is 17.0 Å². The number of carbonyl (C=O) groups excluding carboxylic acids is 2. The maximum atomic E-state index is 13.2. The Hall–Kier alpha value is -3.16. The van der Waals surface area contributed by atoms with E-state index in [-0.39, 0.29) is 11.3 Å². The van der Waals surface area contributed by atoms with Crippen LogP contribution in [-0.4, -0.2) is 72.6 Å². The van der Waals surface area contributed by atoms with Crippen molar-refractivity contribution in [2.75, 3.05) is 46.0 Å². The van der Waals surface area contributed by atoms with Gasteiger partial charge in [-0.05, 0) is 50.1 Å². The number of ether oxygens (including phenoxy) is 2. The lowest BCUT2D eigenvalue weighted by molar-refractivity contribution is -0.140. The van der Waals surface area contributed by atoms with E-state index in [9.17, 15) is 14.7 Å². The Morgan fingerprint density at radius 1 is 1.06 bits per heavy atom. The Kier molecular flexibility index (Phi) is 7.34. The largest absolute Gasteiger partial charge is 0.507 e. The van der Waals surface area contributed by atoms with Gasteiger partial charge in [-0.1, -0.05) is 29.8 Å². The van der Waals surface area contributed by atoms with Crippen LogP contribution in [0.5, 0.6) is 5.75 Å². The van der Waals surface area contributed by atoms with Gasteiger partial charge < -0.3 is 19.5 Å². The van der Waals surface area contributed by atoms with Crippen LogP contribution in [0, 0.1) is 13.8 Å². The SMILES string of the molecule is CCOc1ccc(/C(O)=C2\C(=O)C(=O)N(CCN3CCOCC3)C2c2ccc(C)cc2)c(C)c1. The van der Waals surface area contributed by atoms with Crippen LogP contribution in [0.1, 0.15) is 35.2 Å². The van der Waals surface area contributed by atoms with E-state index in [1.807, 2.05) is 51.1 Å². The minimum Gasteiger partial charge on any atom is -0.507 e. The van der Waals surface area contributed by atoms with E-state index in [2.05, 4.69) is 4.90 Å². The van der Waals surface area contributed by atoms with Gasteiger partial charge in [0.25, 0.3) is 11.7 Å². The van der Waals surface area contributed by atoms with Crippen molar-refractivity contribution in [3.63, 3.8) is 0 Å². The second-order valence-corrected chi connectivity index (χ2v) is 8.77. The fourth-order valence-corrected chi connectivity index (χ4v) is 4.58. The molecule has 180 valence electrons. The smallest absolute Gasteiger partial charge is 0.295 e. The topological polar surface area (TPSA) is 79.3 Å². The van der Waals surface area contributed by atoms with Gasteiger partial charge in [0.1, 0.15) is 11.5 Å². The summed E-state index contributed by atoms with van der Waals surface area (Å²) in [6.07, 6.45) is 0. The van der Waals surface area contributed by atoms with Gasteiger partial charge in [-0.25, -0.2) is 0 Å². The van der Waals surface area contributed by atoms with Crippen LogP contribution in [0.3, 0.4) is 0 Å². The van der Waals surface area contributed by atoms with E-state index in [0.29, 0.717) is 44.2 Å². The molecule has 7 heteroatoms. The monoisotopic (exact) mass is 464 g/mol. The first kappa shape index (κ1) is 24.0. The Morgan fingerprint density at radius 2 is 1.76 bits per heavy atom. The highest BCUT2D eigenvalue weighted by Gasteiger charge is 2.46. The number of hydrogen-bond acceptors (Lipinski definition) is 6.